The first-order chi connectivity index (χ1) is 31.6. The molecular weight excluding hydrogens is 782 g/mol. The molecule has 1 heterocycles. The van der Waals surface area contributed by atoms with Gasteiger partial charge < -0.3 is 9.32 Å². The summed E-state index contributed by atoms with van der Waals surface area (Å²) in [5.41, 5.74) is 17.9. The molecule has 0 spiro atoms. The Morgan fingerprint density at radius 3 is 1.67 bits per heavy atom. The zero-order chi connectivity index (χ0) is 42.6. The number of hydrogen-bond acceptors (Lipinski definition) is 2. The molecule has 64 heavy (non-hydrogen) atoms. The van der Waals surface area contributed by atoms with Gasteiger partial charge in [-0.1, -0.05) is 188 Å². The van der Waals surface area contributed by atoms with Crippen LogP contribution < -0.4 is 4.90 Å². The summed E-state index contributed by atoms with van der Waals surface area (Å²) in [4.78, 5) is 2.39. The lowest BCUT2D eigenvalue weighted by molar-refractivity contribution is 0.626. The molecule has 302 valence electrons. The molecule has 0 N–H and O–H groups in total. The highest BCUT2D eigenvalue weighted by molar-refractivity contribution is 6.09. The second-order valence-corrected chi connectivity index (χ2v) is 16.6. The standard InChI is InChI=1S/C61H40FNO/c62-48-32-37-59-56(39-48)55-24-13-23-52(60(55)64-59)44-26-30-47(31-27-44)61(46-19-8-3-9-20-46)57-25-11-10-22-53(57)54-36-35-51(40-58(54)61)63(49-33-28-43(29-34-49)41-14-4-1-5-15-41)50-21-12-18-45(38-50)42-16-6-2-7-17-42/h1-40H. The molecule has 0 amide bonds. The zero-order valence-electron chi connectivity index (χ0n) is 34.8. The van der Waals surface area contributed by atoms with Crippen molar-refractivity contribution >= 4 is 39.0 Å². The van der Waals surface area contributed by atoms with Gasteiger partial charge in [0.25, 0.3) is 0 Å². The summed E-state index contributed by atoms with van der Waals surface area (Å²) < 4.78 is 20.8. The Balaban J connectivity index is 1.05. The first-order valence-electron chi connectivity index (χ1n) is 21.8. The maximum absolute atomic E-state index is 14.4. The molecule has 1 aliphatic rings. The summed E-state index contributed by atoms with van der Waals surface area (Å²) in [5, 5.41) is 1.68. The SMILES string of the molecule is Fc1ccc2oc3c(-c4ccc(C5(c6ccccc6)c6ccccc6-c6ccc(N(c7ccc(-c8ccccc8)cc7)c7cccc(-c8ccccc8)c7)cc65)cc4)cccc3c2c1. The molecule has 1 unspecified atom stereocenters. The largest absolute Gasteiger partial charge is 0.455 e. The fraction of sp³-hybridized carbons (Fsp3) is 0.0164. The van der Waals surface area contributed by atoms with Gasteiger partial charge in [0.15, 0.2) is 0 Å². The number of fused-ring (bicyclic) bond motifs is 6. The quantitative estimate of drug-likeness (QED) is 0.152. The minimum atomic E-state index is -0.640. The van der Waals surface area contributed by atoms with E-state index in [-0.39, 0.29) is 5.82 Å². The number of hydrogen-bond donors (Lipinski definition) is 0. The zero-order valence-corrected chi connectivity index (χ0v) is 34.8. The smallest absolute Gasteiger partial charge is 0.143 e. The summed E-state index contributed by atoms with van der Waals surface area (Å²) in [6.45, 7) is 0. The van der Waals surface area contributed by atoms with Crippen molar-refractivity contribution in [1.29, 1.82) is 0 Å². The van der Waals surface area contributed by atoms with Gasteiger partial charge in [0.05, 0.1) is 5.41 Å². The van der Waals surface area contributed by atoms with E-state index in [4.69, 9.17) is 4.42 Å². The monoisotopic (exact) mass is 821 g/mol. The third kappa shape index (κ3) is 6.08. The Morgan fingerprint density at radius 1 is 0.344 bits per heavy atom. The number of nitrogens with zero attached hydrogens (tertiary/aromatic N) is 1. The molecule has 0 saturated carbocycles. The van der Waals surface area contributed by atoms with Crippen LogP contribution in [0.2, 0.25) is 0 Å². The van der Waals surface area contributed by atoms with Crippen molar-refractivity contribution < 1.29 is 8.81 Å². The van der Waals surface area contributed by atoms with Crippen LogP contribution in [-0.2, 0) is 5.41 Å². The molecule has 2 nitrogen and oxygen atoms in total. The van der Waals surface area contributed by atoms with Gasteiger partial charge >= 0.3 is 0 Å². The molecule has 0 radical (unpaired) electrons. The molecule has 11 aromatic rings. The minimum Gasteiger partial charge on any atom is -0.455 e. The number of halogens is 1. The van der Waals surface area contributed by atoms with Crippen LogP contribution in [0.25, 0.3) is 66.4 Å². The van der Waals surface area contributed by atoms with Crippen LogP contribution >= 0.6 is 0 Å². The van der Waals surface area contributed by atoms with Gasteiger partial charge in [0, 0.05) is 33.4 Å². The van der Waals surface area contributed by atoms with E-state index in [2.05, 4.69) is 217 Å². The molecule has 12 rings (SSSR count). The normalized spacial score (nSPS) is 14.1. The Morgan fingerprint density at radius 2 is 0.906 bits per heavy atom. The molecular formula is C61H40FNO. The Bertz CT molecular complexity index is 3490. The predicted octanol–water partition coefficient (Wildman–Crippen LogP) is 16.6. The third-order valence-electron chi connectivity index (χ3n) is 13.0. The second-order valence-electron chi connectivity index (χ2n) is 16.6. The number of furan rings is 1. The van der Waals surface area contributed by atoms with Crippen LogP contribution in [0, 0.1) is 5.82 Å². The molecule has 1 aromatic heterocycles. The average Bonchev–Trinajstić information content (AvgIpc) is 3.88. The van der Waals surface area contributed by atoms with E-state index in [0.717, 1.165) is 55.7 Å². The lowest BCUT2D eigenvalue weighted by Crippen LogP contribution is -2.28. The van der Waals surface area contributed by atoms with Gasteiger partial charge in [0.1, 0.15) is 17.0 Å². The molecule has 0 fully saturated rings. The lowest BCUT2D eigenvalue weighted by atomic mass is 9.67. The summed E-state index contributed by atoms with van der Waals surface area (Å²) >= 11 is 0. The van der Waals surface area contributed by atoms with E-state index in [1.807, 2.05) is 12.1 Å². The number of rotatable bonds is 8. The second kappa shape index (κ2) is 15.3. The van der Waals surface area contributed by atoms with Crippen molar-refractivity contribution in [3.8, 4) is 44.5 Å². The topological polar surface area (TPSA) is 16.4 Å². The van der Waals surface area contributed by atoms with Gasteiger partial charge in [0.2, 0.25) is 0 Å². The maximum Gasteiger partial charge on any atom is 0.143 e. The summed E-state index contributed by atoms with van der Waals surface area (Å²) in [6.07, 6.45) is 0. The van der Waals surface area contributed by atoms with E-state index >= 15 is 0 Å². The molecule has 1 atom stereocenters. The van der Waals surface area contributed by atoms with E-state index < -0.39 is 5.41 Å². The molecule has 1 aliphatic carbocycles. The van der Waals surface area contributed by atoms with E-state index in [9.17, 15) is 4.39 Å². The van der Waals surface area contributed by atoms with E-state index in [1.165, 1.54) is 50.6 Å². The Kier molecular flexibility index (Phi) is 8.94. The van der Waals surface area contributed by atoms with Crippen LogP contribution in [0.15, 0.2) is 247 Å². The Hall–Kier alpha value is -8.27. The number of benzene rings is 10. The van der Waals surface area contributed by atoms with Gasteiger partial charge in [-0.3, -0.25) is 0 Å². The summed E-state index contributed by atoms with van der Waals surface area (Å²) in [7, 11) is 0. The highest BCUT2D eigenvalue weighted by Crippen LogP contribution is 2.57. The Labute approximate surface area is 371 Å². The fourth-order valence-electron chi connectivity index (χ4n) is 10.1. The van der Waals surface area contributed by atoms with Crippen LogP contribution in [0.4, 0.5) is 21.5 Å². The van der Waals surface area contributed by atoms with Gasteiger partial charge in [-0.05, 0) is 116 Å². The van der Waals surface area contributed by atoms with Crippen LogP contribution in [0.5, 0.6) is 0 Å². The van der Waals surface area contributed by atoms with Crippen molar-refractivity contribution in [2.45, 2.75) is 5.41 Å². The van der Waals surface area contributed by atoms with Crippen LogP contribution in [-0.4, -0.2) is 0 Å². The molecule has 0 saturated heterocycles. The van der Waals surface area contributed by atoms with E-state index in [1.54, 1.807) is 12.1 Å². The third-order valence-corrected chi connectivity index (χ3v) is 13.0. The highest BCUT2D eigenvalue weighted by atomic mass is 19.1. The minimum absolute atomic E-state index is 0.277. The van der Waals surface area contributed by atoms with Crippen molar-refractivity contribution in [2.24, 2.45) is 0 Å². The first kappa shape index (κ1) is 37.5. The molecule has 0 bridgehead atoms. The first-order valence-corrected chi connectivity index (χ1v) is 21.8. The van der Waals surface area contributed by atoms with Crippen molar-refractivity contribution in [3.63, 3.8) is 0 Å². The average molecular weight is 822 g/mol. The van der Waals surface area contributed by atoms with Crippen molar-refractivity contribution in [2.75, 3.05) is 4.90 Å². The van der Waals surface area contributed by atoms with Gasteiger partial charge in [-0.15, -0.1) is 0 Å². The maximum atomic E-state index is 14.4. The number of anilines is 3. The van der Waals surface area contributed by atoms with Crippen LogP contribution in [0.1, 0.15) is 22.3 Å². The van der Waals surface area contributed by atoms with Crippen LogP contribution in [0.3, 0.4) is 0 Å². The van der Waals surface area contributed by atoms with Gasteiger partial charge in [-0.25, -0.2) is 4.39 Å². The lowest BCUT2D eigenvalue weighted by Gasteiger charge is -2.35. The molecule has 3 heteroatoms. The number of para-hydroxylation sites is 1. The molecule has 0 aliphatic heterocycles. The highest BCUT2D eigenvalue weighted by Gasteiger charge is 2.46. The summed E-state index contributed by atoms with van der Waals surface area (Å²) in [6, 6.07) is 85.6. The van der Waals surface area contributed by atoms with Gasteiger partial charge in [-0.2, -0.15) is 0 Å². The van der Waals surface area contributed by atoms with E-state index in [0.29, 0.717) is 5.58 Å². The van der Waals surface area contributed by atoms with Crippen molar-refractivity contribution in [1.82, 2.24) is 0 Å². The molecule has 10 aromatic carbocycles. The van der Waals surface area contributed by atoms with Crippen molar-refractivity contribution in [3.05, 3.63) is 271 Å². The fourth-order valence-corrected chi connectivity index (χ4v) is 10.1. The summed E-state index contributed by atoms with van der Waals surface area (Å²) in [5.74, 6) is -0.277. The predicted molar refractivity (Wildman–Crippen MR) is 262 cm³/mol.